The van der Waals surface area contributed by atoms with Gasteiger partial charge in [-0.25, -0.2) is 0 Å². The van der Waals surface area contributed by atoms with Gasteiger partial charge in [0.1, 0.15) is 0 Å². The van der Waals surface area contributed by atoms with Gasteiger partial charge in [-0.1, -0.05) is 0 Å². The van der Waals surface area contributed by atoms with Crippen molar-refractivity contribution in [3.63, 3.8) is 0 Å². The Bertz CT molecular complexity index is 148. The first-order valence-electron chi connectivity index (χ1n) is 4.63. The second-order valence-electron chi connectivity index (χ2n) is 4.28. The Balaban J connectivity index is 2.20. The number of rotatable bonds is 0. The molecule has 4 heteroatoms. The lowest BCUT2D eigenvalue weighted by atomic mass is 9.93. The Kier molecular flexibility index (Phi) is 1.88. The van der Waals surface area contributed by atoms with Crippen molar-refractivity contribution in [2.24, 2.45) is 34.8 Å². The van der Waals surface area contributed by atoms with Gasteiger partial charge in [-0.15, -0.1) is 0 Å². The minimum atomic E-state index is 0.175. The molecule has 4 nitrogen and oxygen atoms in total. The molecule has 8 N–H and O–H groups in total. The van der Waals surface area contributed by atoms with Gasteiger partial charge in [0.25, 0.3) is 0 Å². The van der Waals surface area contributed by atoms with E-state index in [0.717, 1.165) is 12.8 Å². The Morgan fingerprint density at radius 1 is 0.583 bits per heavy atom. The SMILES string of the molecule is N[C@@H]1C[C@H](N)C2C1[C@@H](N)C[C@H]2N. The average molecular weight is 170 g/mol. The van der Waals surface area contributed by atoms with Gasteiger partial charge in [0, 0.05) is 24.2 Å². The van der Waals surface area contributed by atoms with Gasteiger partial charge in [-0.3, -0.25) is 0 Å². The molecule has 12 heavy (non-hydrogen) atoms. The molecular formula is C8H18N4. The lowest BCUT2D eigenvalue weighted by Gasteiger charge is -2.20. The smallest absolute Gasteiger partial charge is 0.0101 e. The largest absolute Gasteiger partial charge is 0.327 e. The molecule has 2 fully saturated rings. The Morgan fingerprint density at radius 2 is 0.833 bits per heavy atom. The van der Waals surface area contributed by atoms with E-state index in [-0.39, 0.29) is 24.2 Å². The molecule has 6 atom stereocenters. The van der Waals surface area contributed by atoms with Gasteiger partial charge < -0.3 is 22.9 Å². The van der Waals surface area contributed by atoms with E-state index >= 15 is 0 Å². The molecule has 0 aliphatic heterocycles. The molecule has 2 unspecified atom stereocenters. The minimum Gasteiger partial charge on any atom is -0.327 e. The standard InChI is InChI=1S/C8H18N4/c9-3-1-4(10)8-6(12)2-5(11)7(3)8/h3-8H,1-2,9-12H2/t3-,4+,5+,6-,7?,8?. The third kappa shape index (κ3) is 0.992. The monoisotopic (exact) mass is 170 g/mol. The Hall–Kier alpha value is -0.160. The first-order valence-corrected chi connectivity index (χ1v) is 4.63. The van der Waals surface area contributed by atoms with Crippen LogP contribution in [-0.2, 0) is 0 Å². The quantitative estimate of drug-likeness (QED) is 0.349. The van der Waals surface area contributed by atoms with E-state index in [2.05, 4.69) is 0 Å². The van der Waals surface area contributed by atoms with E-state index in [1.165, 1.54) is 0 Å². The maximum atomic E-state index is 5.95. The molecule has 0 bridgehead atoms. The van der Waals surface area contributed by atoms with E-state index in [9.17, 15) is 0 Å². The zero-order chi connectivity index (χ0) is 8.88. The predicted molar refractivity (Wildman–Crippen MR) is 48.1 cm³/mol. The van der Waals surface area contributed by atoms with E-state index in [4.69, 9.17) is 22.9 Å². The summed E-state index contributed by atoms with van der Waals surface area (Å²) in [6, 6.07) is 0.698. The first-order chi connectivity index (χ1) is 5.61. The Labute approximate surface area is 72.6 Å². The van der Waals surface area contributed by atoms with E-state index < -0.39 is 0 Å². The van der Waals surface area contributed by atoms with Crippen molar-refractivity contribution in [2.75, 3.05) is 0 Å². The van der Waals surface area contributed by atoms with Crippen LogP contribution in [0.4, 0.5) is 0 Å². The van der Waals surface area contributed by atoms with Crippen molar-refractivity contribution in [1.29, 1.82) is 0 Å². The highest BCUT2D eigenvalue weighted by atomic mass is 14.9. The summed E-state index contributed by atoms with van der Waals surface area (Å²) >= 11 is 0. The van der Waals surface area contributed by atoms with Crippen molar-refractivity contribution in [1.82, 2.24) is 0 Å². The molecule has 2 aliphatic carbocycles. The van der Waals surface area contributed by atoms with Gasteiger partial charge in [-0.2, -0.15) is 0 Å². The molecule has 2 aliphatic rings. The van der Waals surface area contributed by atoms with E-state index in [1.807, 2.05) is 0 Å². The number of nitrogens with two attached hydrogens (primary N) is 4. The van der Waals surface area contributed by atoms with Crippen LogP contribution in [0.25, 0.3) is 0 Å². The minimum absolute atomic E-state index is 0.175. The predicted octanol–water partition coefficient (Wildman–Crippen LogP) is -1.66. The molecule has 0 spiro atoms. The number of fused-ring (bicyclic) bond motifs is 1. The molecule has 0 saturated heterocycles. The molecule has 0 aromatic carbocycles. The van der Waals surface area contributed by atoms with Crippen LogP contribution in [0, 0.1) is 11.8 Å². The van der Waals surface area contributed by atoms with Crippen molar-refractivity contribution in [3.8, 4) is 0 Å². The first kappa shape index (κ1) is 8.44. The van der Waals surface area contributed by atoms with Crippen LogP contribution in [0.3, 0.4) is 0 Å². The highest BCUT2D eigenvalue weighted by Gasteiger charge is 2.50. The zero-order valence-corrected chi connectivity index (χ0v) is 7.19. The van der Waals surface area contributed by atoms with Crippen molar-refractivity contribution >= 4 is 0 Å². The van der Waals surface area contributed by atoms with Crippen LogP contribution in [0.5, 0.6) is 0 Å². The van der Waals surface area contributed by atoms with Crippen LogP contribution in [0.1, 0.15) is 12.8 Å². The average Bonchev–Trinajstić information content (AvgIpc) is 2.38. The van der Waals surface area contributed by atoms with Gasteiger partial charge in [-0.05, 0) is 24.7 Å². The summed E-state index contributed by atoms with van der Waals surface area (Å²) in [6.07, 6.45) is 1.77. The van der Waals surface area contributed by atoms with Crippen LogP contribution >= 0.6 is 0 Å². The highest BCUT2D eigenvalue weighted by molar-refractivity contribution is 5.08. The molecule has 0 heterocycles. The fraction of sp³-hybridized carbons (Fsp3) is 1.00. The summed E-state index contributed by atoms with van der Waals surface area (Å²) in [7, 11) is 0. The fourth-order valence-electron chi connectivity index (χ4n) is 3.03. The highest BCUT2D eigenvalue weighted by Crippen LogP contribution is 2.41. The van der Waals surface area contributed by atoms with E-state index in [1.54, 1.807) is 0 Å². The van der Waals surface area contributed by atoms with Crippen LogP contribution in [-0.4, -0.2) is 24.2 Å². The van der Waals surface area contributed by atoms with Gasteiger partial charge >= 0.3 is 0 Å². The van der Waals surface area contributed by atoms with Crippen molar-refractivity contribution in [3.05, 3.63) is 0 Å². The van der Waals surface area contributed by atoms with Crippen LogP contribution in [0.2, 0.25) is 0 Å². The summed E-state index contributed by atoms with van der Waals surface area (Å²) in [6.45, 7) is 0. The molecule has 2 rings (SSSR count). The second kappa shape index (κ2) is 2.67. The lowest BCUT2D eigenvalue weighted by molar-refractivity contribution is 0.355. The molecule has 0 aromatic rings. The van der Waals surface area contributed by atoms with Crippen molar-refractivity contribution < 1.29 is 0 Å². The summed E-state index contributed by atoms with van der Waals surface area (Å²) < 4.78 is 0. The zero-order valence-electron chi connectivity index (χ0n) is 7.19. The third-order valence-corrected chi connectivity index (χ3v) is 3.51. The van der Waals surface area contributed by atoms with Gasteiger partial charge in [0.2, 0.25) is 0 Å². The van der Waals surface area contributed by atoms with Gasteiger partial charge in [0.15, 0.2) is 0 Å². The van der Waals surface area contributed by atoms with Crippen LogP contribution in [0.15, 0.2) is 0 Å². The summed E-state index contributed by atoms with van der Waals surface area (Å²) in [5, 5.41) is 0. The summed E-state index contributed by atoms with van der Waals surface area (Å²) in [5.74, 6) is 0.741. The van der Waals surface area contributed by atoms with Crippen molar-refractivity contribution in [2.45, 2.75) is 37.0 Å². The third-order valence-electron chi connectivity index (χ3n) is 3.51. The molecule has 0 radical (unpaired) electrons. The fourth-order valence-corrected chi connectivity index (χ4v) is 3.03. The summed E-state index contributed by atoms with van der Waals surface area (Å²) in [4.78, 5) is 0. The molecule has 70 valence electrons. The molecular weight excluding hydrogens is 152 g/mol. The molecule has 2 saturated carbocycles. The van der Waals surface area contributed by atoms with Gasteiger partial charge in [0.05, 0.1) is 0 Å². The second-order valence-corrected chi connectivity index (χ2v) is 4.28. The topological polar surface area (TPSA) is 104 Å². The Morgan fingerprint density at radius 3 is 1.08 bits per heavy atom. The number of hydrogen-bond donors (Lipinski definition) is 4. The van der Waals surface area contributed by atoms with E-state index in [0.29, 0.717) is 11.8 Å². The molecule has 0 aromatic heterocycles. The maximum absolute atomic E-state index is 5.95. The number of hydrogen-bond acceptors (Lipinski definition) is 4. The summed E-state index contributed by atoms with van der Waals surface area (Å²) in [5.41, 5.74) is 23.8. The van der Waals surface area contributed by atoms with Crippen LogP contribution < -0.4 is 22.9 Å². The maximum Gasteiger partial charge on any atom is 0.0101 e. The lowest BCUT2D eigenvalue weighted by Crippen LogP contribution is -2.38. The normalized spacial score (nSPS) is 59.0. The molecule has 0 amide bonds.